The van der Waals surface area contributed by atoms with E-state index in [1.165, 1.54) is 51.4 Å². The van der Waals surface area contributed by atoms with E-state index in [2.05, 4.69) is 5.32 Å². The van der Waals surface area contributed by atoms with Crippen LogP contribution in [0.25, 0.3) is 0 Å². The van der Waals surface area contributed by atoms with Crippen LogP contribution in [0.15, 0.2) is 0 Å². The van der Waals surface area contributed by atoms with Crippen LogP contribution in [0.2, 0.25) is 0 Å². The van der Waals surface area contributed by atoms with Gasteiger partial charge in [0.05, 0.1) is 0 Å². The molecule has 17 heavy (non-hydrogen) atoms. The number of aliphatic hydroxyl groups is 1. The number of carbonyl (C=O) groups excluding carboxylic acids is 1. The fraction of sp³-hybridized carbons (Fsp3) is 0.929. The van der Waals surface area contributed by atoms with Crippen molar-refractivity contribution in [3.63, 3.8) is 0 Å². The van der Waals surface area contributed by atoms with E-state index in [9.17, 15) is 4.79 Å². The van der Waals surface area contributed by atoms with Gasteiger partial charge in [-0.05, 0) is 12.8 Å². The van der Waals surface area contributed by atoms with Gasteiger partial charge in [0.15, 0.2) is 0 Å². The van der Waals surface area contributed by atoms with Crippen molar-refractivity contribution in [1.29, 1.82) is 0 Å². The van der Waals surface area contributed by atoms with Crippen LogP contribution < -0.4 is 5.32 Å². The van der Waals surface area contributed by atoms with Gasteiger partial charge in [0, 0.05) is 20.1 Å². The maximum atomic E-state index is 10.6. The zero-order chi connectivity index (χ0) is 12.8. The van der Waals surface area contributed by atoms with Crippen LogP contribution in [0, 0.1) is 0 Å². The highest BCUT2D eigenvalue weighted by atomic mass is 16.2. The Morgan fingerprint density at radius 2 is 1.24 bits per heavy atom. The van der Waals surface area contributed by atoms with E-state index in [-0.39, 0.29) is 5.91 Å². The number of carbonyl (C=O) groups is 1. The van der Waals surface area contributed by atoms with Crippen molar-refractivity contribution in [3.05, 3.63) is 0 Å². The van der Waals surface area contributed by atoms with Gasteiger partial charge in [-0.15, -0.1) is 0 Å². The van der Waals surface area contributed by atoms with Crippen molar-refractivity contribution >= 4 is 5.91 Å². The molecule has 0 aliphatic rings. The monoisotopic (exact) mass is 243 g/mol. The molecule has 2 N–H and O–H groups in total. The van der Waals surface area contributed by atoms with Crippen molar-refractivity contribution in [2.24, 2.45) is 0 Å². The molecule has 0 saturated heterocycles. The first-order valence-electron chi connectivity index (χ1n) is 7.12. The van der Waals surface area contributed by atoms with Crippen LogP contribution in [0.1, 0.15) is 71.1 Å². The van der Waals surface area contributed by atoms with E-state index in [0.717, 1.165) is 19.4 Å². The minimum atomic E-state index is 0.0767. The Kier molecular flexibility index (Phi) is 13.0. The molecule has 102 valence electrons. The molecule has 0 aliphatic carbocycles. The number of aliphatic hydroxyl groups excluding tert-OH is 1. The average molecular weight is 243 g/mol. The summed E-state index contributed by atoms with van der Waals surface area (Å²) in [5, 5.41) is 11.4. The van der Waals surface area contributed by atoms with E-state index in [1.807, 2.05) is 0 Å². The van der Waals surface area contributed by atoms with Gasteiger partial charge in [0.1, 0.15) is 0 Å². The number of amides is 1. The summed E-state index contributed by atoms with van der Waals surface area (Å²) in [4.78, 5) is 10.6. The van der Waals surface area contributed by atoms with Gasteiger partial charge in [-0.3, -0.25) is 4.79 Å². The van der Waals surface area contributed by atoms with Gasteiger partial charge in [-0.25, -0.2) is 0 Å². The molecule has 0 aliphatic heterocycles. The van der Waals surface area contributed by atoms with E-state index in [4.69, 9.17) is 5.11 Å². The van der Waals surface area contributed by atoms with Gasteiger partial charge in [0.2, 0.25) is 5.91 Å². The molecule has 0 unspecified atom stereocenters. The summed E-state index contributed by atoms with van der Waals surface area (Å²) >= 11 is 0. The molecule has 0 rings (SSSR count). The third-order valence-corrected chi connectivity index (χ3v) is 2.96. The Morgan fingerprint density at radius 3 is 1.65 bits per heavy atom. The molecule has 0 aromatic heterocycles. The highest BCUT2D eigenvalue weighted by Gasteiger charge is 1.93. The Morgan fingerprint density at radius 1 is 0.824 bits per heavy atom. The predicted molar refractivity (Wildman–Crippen MR) is 71.9 cm³/mol. The Balaban J connectivity index is 2.91. The molecule has 0 aromatic rings. The largest absolute Gasteiger partial charge is 0.396 e. The number of rotatable bonds is 12. The van der Waals surface area contributed by atoms with Crippen LogP contribution in [0.5, 0.6) is 0 Å². The number of hydrogen-bond acceptors (Lipinski definition) is 2. The molecule has 0 saturated carbocycles. The SMILES string of the molecule is CC(=O)NCCCCCCCCCCCCO. The van der Waals surface area contributed by atoms with Crippen LogP contribution in [0.3, 0.4) is 0 Å². The molecule has 0 bridgehead atoms. The Hall–Kier alpha value is -0.570. The van der Waals surface area contributed by atoms with Gasteiger partial charge in [0.25, 0.3) is 0 Å². The second kappa shape index (κ2) is 13.5. The molecule has 3 heteroatoms. The lowest BCUT2D eigenvalue weighted by Gasteiger charge is -2.03. The molecule has 0 heterocycles. The van der Waals surface area contributed by atoms with Crippen LogP contribution in [-0.2, 0) is 4.79 Å². The first-order chi connectivity index (χ1) is 8.27. The summed E-state index contributed by atoms with van der Waals surface area (Å²) in [5.41, 5.74) is 0. The van der Waals surface area contributed by atoms with Crippen molar-refractivity contribution in [2.75, 3.05) is 13.2 Å². The minimum absolute atomic E-state index is 0.0767. The first-order valence-corrected chi connectivity index (χ1v) is 7.12. The van der Waals surface area contributed by atoms with Gasteiger partial charge < -0.3 is 10.4 Å². The molecule has 0 fully saturated rings. The lowest BCUT2D eigenvalue weighted by Crippen LogP contribution is -2.20. The quantitative estimate of drug-likeness (QED) is 0.518. The fourth-order valence-electron chi connectivity index (χ4n) is 1.92. The molecule has 0 aromatic carbocycles. The third kappa shape index (κ3) is 15.4. The topological polar surface area (TPSA) is 49.3 Å². The smallest absolute Gasteiger partial charge is 0.216 e. The van der Waals surface area contributed by atoms with Crippen LogP contribution >= 0.6 is 0 Å². The third-order valence-electron chi connectivity index (χ3n) is 2.96. The second-order valence-electron chi connectivity index (χ2n) is 4.74. The van der Waals surface area contributed by atoms with Crippen molar-refractivity contribution in [2.45, 2.75) is 71.1 Å². The molecule has 0 atom stereocenters. The van der Waals surface area contributed by atoms with Crippen molar-refractivity contribution in [1.82, 2.24) is 5.32 Å². The molecule has 3 nitrogen and oxygen atoms in total. The standard InChI is InChI=1S/C14H29NO2/c1-14(17)15-12-10-8-6-4-2-3-5-7-9-11-13-16/h16H,2-13H2,1H3,(H,15,17). The van der Waals surface area contributed by atoms with E-state index in [0.29, 0.717) is 6.61 Å². The highest BCUT2D eigenvalue weighted by molar-refractivity contribution is 5.72. The lowest BCUT2D eigenvalue weighted by molar-refractivity contribution is -0.118. The maximum absolute atomic E-state index is 10.6. The molecular formula is C14H29NO2. The first kappa shape index (κ1) is 16.4. The van der Waals surface area contributed by atoms with E-state index >= 15 is 0 Å². The van der Waals surface area contributed by atoms with Gasteiger partial charge in [-0.2, -0.15) is 0 Å². The summed E-state index contributed by atoms with van der Waals surface area (Å²) in [7, 11) is 0. The molecule has 0 spiro atoms. The van der Waals surface area contributed by atoms with Crippen molar-refractivity contribution < 1.29 is 9.90 Å². The molecular weight excluding hydrogens is 214 g/mol. The van der Waals surface area contributed by atoms with E-state index < -0.39 is 0 Å². The van der Waals surface area contributed by atoms with Crippen LogP contribution in [-0.4, -0.2) is 24.2 Å². The average Bonchev–Trinajstić information content (AvgIpc) is 2.30. The summed E-state index contributed by atoms with van der Waals surface area (Å²) in [6, 6.07) is 0. The zero-order valence-electron chi connectivity index (χ0n) is 11.3. The molecule has 1 amide bonds. The zero-order valence-corrected chi connectivity index (χ0v) is 11.3. The summed E-state index contributed by atoms with van der Waals surface area (Å²) < 4.78 is 0. The maximum Gasteiger partial charge on any atom is 0.216 e. The fourth-order valence-corrected chi connectivity index (χ4v) is 1.92. The highest BCUT2D eigenvalue weighted by Crippen LogP contribution is 2.10. The van der Waals surface area contributed by atoms with Crippen LogP contribution in [0.4, 0.5) is 0 Å². The molecule has 0 radical (unpaired) electrons. The summed E-state index contributed by atoms with van der Waals surface area (Å²) in [6.07, 6.45) is 12.3. The summed E-state index contributed by atoms with van der Waals surface area (Å²) in [5.74, 6) is 0.0767. The number of hydrogen-bond donors (Lipinski definition) is 2. The van der Waals surface area contributed by atoms with Crippen molar-refractivity contribution in [3.8, 4) is 0 Å². The van der Waals surface area contributed by atoms with E-state index in [1.54, 1.807) is 6.92 Å². The number of unbranched alkanes of at least 4 members (excludes halogenated alkanes) is 9. The normalized spacial score (nSPS) is 10.5. The summed E-state index contributed by atoms with van der Waals surface area (Å²) in [6.45, 7) is 2.74. The second-order valence-corrected chi connectivity index (χ2v) is 4.74. The van der Waals surface area contributed by atoms with Gasteiger partial charge in [-0.1, -0.05) is 51.4 Å². The number of nitrogens with one attached hydrogen (secondary N) is 1. The lowest BCUT2D eigenvalue weighted by atomic mass is 10.1. The predicted octanol–water partition coefficient (Wildman–Crippen LogP) is 3.02. The van der Waals surface area contributed by atoms with Gasteiger partial charge >= 0.3 is 0 Å². The Labute approximate surface area is 106 Å². The minimum Gasteiger partial charge on any atom is -0.396 e. The Bertz CT molecular complexity index is 172.